The van der Waals surface area contributed by atoms with Gasteiger partial charge in [0, 0.05) is 0 Å². The molecule has 1 atom stereocenters. The first-order valence-electron chi connectivity index (χ1n) is 10.1. The summed E-state index contributed by atoms with van der Waals surface area (Å²) in [4.78, 5) is 0. The van der Waals surface area contributed by atoms with Crippen LogP contribution < -0.4 is 0 Å². The summed E-state index contributed by atoms with van der Waals surface area (Å²) in [5.41, 5.74) is 0.965. The Balaban J connectivity index is -0.000000238. The molecule has 0 heteroatoms. The Morgan fingerprint density at radius 1 is 0.682 bits per heavy atom. The molecule has 22 heavy (non-hydrogen) atoms. The van der Waals surface area contributed by atoms with Crippen LogP contribution in [0.15, 0.2) is 0 Å². The van der Waals surface area contributed by atoms with Crippen LogP contribution in [-0.2, 0) is 0 Å². The van der Waals surface area contributed by atoms with Crippen molar-refractivity contribution in [1.82, 2.24) is 0 Å². The van der Waals surface area contributed by atoms with Crippen LogP contribution in [0.4, 0.5) is 0 Å². The van der Waals surface area contributed by atoms with Crippen LogP contribution in [0, 0.1) is 22.7 Å². The van der Waals surface area contributed by atoms with E-state index in [1.165, 1.54) is 25.7 Å². The fourth-order valence-electron chi connectivity index (χ4n) is 2.65. The van der Waals surface area contributed by atoms with Crippen molar-refractivity contribution in [2.45, 2.75) is 123 Å². The van der Waals surface area contributed by atoms with Gasteiger partial charge in [-0.15, -0.1) is 0 Å². The van der Waals surface area contributed by atoms with Crippen molar-refractivity contribution in [2.75, 3.05) is 0 Å². The zero-order chi connectivity index (χ0) is 19.0. The van der Waals surface area contributed by atoms with Crippen molar-refractivity contribution in [3.8, 4) is 0 Å². The molecule has 0 saturated carbocycles. The first kappa shape index (κ1) is 29.9. The van der Waals surface area contributed by atoms with Crippen molar-refractivity contribution in [3.63, 3.8) is 0 Å². The summed E-state index contributed by atoms with van der Waals surface area (Å²) in [7, 11) is 0. The molecule has 0 aliphatic heterocycles. The molecule has 140 valence electrons. The first-order chi connectivity index (χ1) is 10.1. The summed E-state index contributed by atoms with van der Waals surface area (Å²) >= 11 is 0. The lowest BCUT2D eigenvalue weighted by Crippen LogP contribution is -2.36. The van der Waals surface area contributed by atoms with Crippen LogP contribution in [-0.4, -0.2) is 0 Å². The van der Waals surface area contributed by atoms with Gasteiger partial charge in [-0.1, -0.05) is 110 Å². The third kappa shape index (κ3) is 13.6. The molecule has 0 rings (SSSR count). The van der Waals surface area contributed by atoms with Gasteiger partial charge in [-0.2, -0.15) is 0 Å². The summed E-state index contributed by atoms with van der Waals surface area (Å²) in [6, 6.07) is 0. The molecule has 0 amide bonds. The van der Waals surface area contributed by atoms with Crippen LogP contribution >= 0.6 is 0 Å². The Bertz CT molecular complexity index is 188. The molecule has 0 aliphatic carbocycles. The van der Waals surface area contributed by atoms with Gasteiger partial charge in [0.05, 0.1) is 0 Å². The predicted octanol–water partition coefficient (Wildman–Crippen LogP) is 8.99. The third-order valence-electron chi connectivity index (χ3n) is 4.65. The molecule has 0 fully saturated rings. The molecular weight excluding hydrogens is 264 g/mol. The lowest BCUT2D eigenvalue weighted by Gasteiger charge is -2.46. The van der Waals surface area contributed by atoms with Crippen LogP contribution in [0.25, 0.3) is 0 Å². The molecule has 0 N–H and O–H groups in total. The smallest absolute Gasteiger partial charge is 0.0272 e. The van der Waals surface area contributed by atoms with E-state index in [0.717, 1.165) is 11.8 Å². The molecule has 0 aromatic heterocycles. The van der Waals surface area contributed by atoms with Crippen LogP contribution in [0.3, 0.4) is 0 Å². The van der Waals surface area contributed by atoms with Gasteiger partial charge in [0.25, 0.3) is 0 Å². The molecule has 0 aliphatic rings. The minimum atomic E-state index is 0.464. The van der Waals surface area contributed by atoms with E-state index in [0.29, 0.717) is 10.8 Å². The maximum absolute atomic E-state index is 2.51. The maximum atomic E-state index is 2.51. The quantitative estimate of drug-likeness (QED) is 0.439. The molecule has 0 aromatic carbocycles. The van der Waals surface area contributed by atoms with Gasteiger partial charge in [0.1, 0.15) is 0 Å². The van der Waals surface area contributed by atoms with E-state index in [4.69, 9.17) is 0 Å². The Morgan fingerprint density at radius 2 is 1.05 bits per heavy atom. The molecule has 0 nitrogen and oxygen atoms in total. The van der Waals surface area contributed by atoms with Crippen molar-refractivity contribution in [2.24, 2.45) is 22.7 Å². The molecule has 0 spiro atoms. The number of hydrogen-bond acceptors (Lipinski definition) is 0. The van der Waals surface area contributed by atoms with E-state index in [2.05, 4.69) is 55.4 Å². The number of rotatable bonds is 7. The largest absolute Gasteiger partial charge is 0.0683 e. The zero-order valence-electron chi connectivity index (χ0n) is 19.0. The standard InChI is InChI=1S/C16H34.3C2H6/c1-9-15(6,7)16(8,12-14(4)5)11-10-13(2)3;3*1-2/h13-14H,9-12H2,1-8H3;3*1-2H3. The van der Waals surface area contributed by atoms with Crippen molar-refractivity contribution in [3.05, 3.63) is 0 Å². The van der Waals surface area contributed by atoms with Gasteiger partial charge >= 0.3 is 0 Å². The Kier molecular flexibility index (Phi) is 23.6. The molecule has 0 saturated heterocycles. The maximum Gasteiger partial charge on any atom is -0.0272 e. The number of hydrogen-bond donors (Lipinski definition) is 0. The first-order valence-corrected chi connectivity index (χ1v) is 10.1. The van der Waals surface area contributed by atoms with E-state index in [1.54, 1.807) is 0 Å². The Hall–Kier alpha value is 0. The zero-order valence-corrected chi connectivity index (χ0v) is 19.0. The highest BCUT2D eigenvalue weighted by atomic mass is 14.4. The minimum Gasteiger partial charge on any atom is -0.0683 e. The van der Waals surface area contributed by atoms with Gasteiger partial charge in [0.2, 0.25) is 0 Å². The minimum absolute atomic E-state index is 0.464. The second kappa shape index (κ2) is 17.4. The van der Waals surface area contributed by atoms with E-state index in [1.807, 2.05) is 41.5 Å². The van der Waals surface area contributed by atoms with Crippen molar-refractivity contribution in [1.29, 1.82) is 0 Å². The van der Waals surface area contributed by atoms with Gasteiger partial charge in [0.15, 0.2) is 0 Å². The summed E-state index contributed by atoms with van der Waals surface area (Å²) in [5, 5.41) is 0. The van der Waals surface area contributed by atoms with Gasteiger partial charge in [-0.3, -0.25) is 0 Å². The monoisotopic (exact) mass is 316 g/mol. The topological polar surface area (TPSA) is 0 Å². The van der Waals surface area contributed by atoms with Gasteiger partial charge in [-0.25, -0.2) is 0 Å². The third-order valence-corrected chi connectivity index (χ3v) is 4.65. The van der Waals surface area contributed by atoms with Crippen LogP contribution in [0.2, 0.25) is 0 Å². The Morgan fingerprint density at radius 3 is 1.27 bits per heavy atom. The van der Waals surface area contributed by atoms with E-state index < -0.39 is 0 Å². The molecular formula is C22H52. The molecule has 1 unspecified atom stereocenters. The average molecular weight is 317 g/mol. The van der Waals surface area contributed by atoms with Crippen molar-refractivity contribution >= 4 is 0 Å². The molecule has 0 radical (unpaired) electrons. The average Bonchev–Trinajstić information content (AvgIpc) is 2.50. The van der Waals surface area contributed by atoms with Gasteiger partial charge < -0.3 is 0 Å². The molecule has 0 aromatic rings. The van der Waals surface area contributed by atoms with E-state index in [-0.39, 0.29) is 0 Å². The molecule has 0 bridgehead atoms. The summed E-state index contributed by atoms with van der Waals surface area (Å²) < 4.78 is 0. The van der Waals surface area contributed by atoms with E-state index in [9.17, 15) is 0 Å². The summed E-state index contributed by atoms with van der Waals surface area (Å²) in [6.07, 6.45) is 5.39. The normalized spacial score (nSPS) is 13.1. The highest BCUT2D eigenvalue weighted by Crippen LogP contribution is 2.49. The molecule has 0 heterocycles. The second-order valence-corrected chi connectivity index (χ2v) is 7.33. The second-order valence-electron chi connectivity index (χ2n) is 7.33. The SMILES string of the molecule is CC.CC.CC.CCC(C)(C)C(C)(CCC(C)C)CC(C)C. The lowest BCUT2D eigenvalue weighted by molar-refractivity contribution is 0.0431. The highest BCUT2D eigenvalue weighted by molar-refractivity contribution is 4.89. The van der Waals surface area contributed by atoms with Crippen LogP contribution in [0.5, 0.6) is 0 Å². The fraction of sp³-hybridized carbons (Fsp3) is 1.00. The highest BCUT2D eigenvalue weighted by Gasteiger charge is 2.39. The lowest BCUT2D eigenvalue weighted by atomic mass is 9.59. The summed E-state index contributed by atoms with van der Waals surface area (Å²) in [6.45, 7) is 31.2. The van der Waals surface area contributed by atoms with Crippen LogP contribution in [0.1, 0.15) is 123 Å². The van der Waals surface area contributed by atoms with Gasteiger partial charge in [-0.05, 0) is 35.5 Å². The van der Waals surface area contributed by atoms with E-state index >= 15 is 0 Å². The Labute approximate surface area is 145 Å². The summed E-state index contributed by atoms with van der Waals surface area (Å²) in [5.74, 6) is 1.64. The predicted molar refractivity (Wildman–Crippen MR) is 110 cm³/mol. The fourth-order valence-corrected chi connectivity index (χ4v) is 2.65. The van der Waals surface area contributed by atoms with Crippen molar-refractivity contribution < 1.29 is 0 Å².